The van der Waals surface area contributed by atoms with Crippen LogP contribution in [-0.4, -0.2) is 64.4 Å². The average molecular weight is 538 g/mol. The third kappa shape index (κ3) is 8.12. The van der Waals surface area contributed by atoms with Gasteiger partial charge in [-0.15, -0.1) is 0 Å². The molecular weight excluding hydrogens is 486 g/mol. The maximum absolute atomic E-state index is 7.06. The molecule has 1 aliphatic heterocycles. The third-order valence-corrected chi connectivity index (χ3v) is 12.6. The summed E-state index contributed by atoms with van der Waals surface area (Å²) in [5.74, 6) is 0. The number of rotatable bonds is 12. The van der Waals surface area contributed by atoms with Crippen molar-refractivity contribution in [3.05, 3.63) is 72.3 Å². The van der Waals surface area contributed by atoms with Gasteiger partial charge in [0.05, 0.1) is 18.3 Å². The van der Waals surface area contributed by atoms with Crippen LogP contribution in [0.4, 0.5) is 0 Å². The highest BCUT2D eigenvalue weighted by Gasteiger charge is 2.49. The first-order chi connectivity index (χ1) is 18.0. The average Bonchev–Trinajstić information content (AvgIpc) is 3.26. The second-order valence-electron chi connectivity index (χ2n) is 12.8. The van der Waals surface area contributed by atoms with Crippen LogP contribution in [-0.2, 0) is 13.9 Å². The van der Waals surface area contributed by atoms with E-state index < -0.39 is 8.32 Å². The third-order valence-electron chi connectivity index (χ3n) is 7.56. The molecule has 3 rings (SSSR count). The van der Waals surface area contributed by atoms with Crippen LogP contribution < -0.4 is 10.4 Å². The summed E-state index contributed by atoms with van der Waals surface area (Å²) in [6, 6.07) is 22.2. The molecule has 210 valence electrons. The minimum absolute atomic E-state index is 0.0131. The Morgan fingerprint density at radius 2 is 1.53 bits per heavy atom. The van der Waals surface area contributed by atoms with Gasteiger partial charge in [-0.25, -0.2) is 0 Å². The van der Waals surface area contributed by atoms with Crippen molar-refractivity contribution < 1.29 is 13.9 Å². The molecule has 0 unspecified atom stereocenters. The van der Waals surface area contributed by atoms with Gasteiger partial charge in [-0.3, -0.25) is 4.90 Å². The molecule has 1 saturated heterocycles. The number of allylic oxidation sites excluding steroid dienone is 1. The molecule has 0 N–H and O–H groups in total. The smallest absolute Gasteiger partial charge is 0.261 e. The van der Waals surface area contributed by atoms with E-state index in [0.29, 0.717) is 6.04 Å². The summed E-state index contributed by atoms with van der Waals surface area (Å²) >= 11 is 0. The van der Waals surface area contributed by atoms with Gasteiger partial charge in [0, 0.05) is 32.8 Å². The fraction of sp³-hybridized carbons (Fsp3) is 0.576. The summed E-state index contributed by atoms with van der Waals surface area (Å²) in [5.41, 5.74) is 1.29. The van der Waals surface area contributed by atoms with Crippen LogP contribution in [0.1, 0.15) is 67.7 Å². The largest absolute Gasteiger partial charge is 0.407 e. The summed E-state index contributed by atoms with van der Waals surface area (Å²) in [7, 11) is -0.635. The van der Waals surface area contributed by atoms with Crippen LogP contribution in [0.15, 0.2) is 72.3 Å². The number of unbranched alkanes of at least 4 members (excludes halogenated alkanes) is 1. The van der Waals surface area contributed by atoms with Gasteiger partial charge in [-0.1, -0.05) is 93.1 Å². The lowest BCUT2D eigenvalue weighted by Crippen LogP contribution is -2.66. The monoisotopic (exact) mass is 537 g/mol. The second-order valence-corrected chi connectivity index (χ2v) is 17.1. The van der Waals surface area contributed by atoms with Crippen LogP contribution in [0.25, 0.3) is 0 Å². The highest BCUT2D eigenvalue weighted by molar-refractivity contribution is 6.99. The van der Waals surface area contributed by atoms with E-state index >= 15 is 0 Å². The minimum Gasteiger partial charge on any atom is -0.407 e. The Morgan fingerprint density at radius 3 is 2.03 bits per heavy atom. The van der Waals surface area contributed by atoms with Crippen molar-refractivity contribution in [1.82, 2.24) is 4.90 Å². The van der Waals surface area contributed by atoms with E-state index in [2.05, 4.69) is 120 Å². The maximum Gasteiger partial charge on any atom is 0.261 e. The molecule has 2 aromatic carbocycles. The molecule has 4 nitrogen and oxygen atoms in total. The molecule has 2 aromatic rings. The van der Waals surface area contributed by atoms with E-state index in [1.165, 1.54) is 15.9 Å². The number of likely N-dealkylation sites (tertiary alicyclic amines) is 1. The molecule has 0 bridgehead atoms. The predicted molar refractivity (Wildman–Crippen MR) is 163 cm³/mol. The lowest BCUT2D eigenvalue weighted by Gasteiger charge is -2.43. The highest BCUT2D eigenvalue weighted by Crippen LogP contribution is 2.36. The quantitative estimate of drug-likeness (QED) is 0.183. The Kier molecular flexibility index (Phi) is 11.0. The number of ether oxygens (including phenoxy) is 2. The molecule has 0 amide bonds. The van der Waals surface area contributed by atoms with Crippen LogP contribution >= 0.6 is 0 Å². The van der Waals surface area contributed by atoms with Gasteiger partial charge in [-0.05, 0) is 62.4 Å². The predicted octanol–water partition coefficient (Wildman–Crippen LogP) is 6.19. The maximum atomic E-state index is 7.06. The van der Waals surface area contributed by atoms with E-state index in [4.69, 9.17) is 13.9 Å². The van der Waals surface area contributed by atoms with Gasteiger partial charge in [0.15, 0.2) is 0 Å². The Bertz CT molecular complexity index is 955. The molecular formula is C33H51NO3Si. The fourth-order valence-electron chi connectivity index (χ4n) is 5.63. The van der Waals surface area contributed by atoms with E-state index in [-0.39, 0.29) is 16.7 Å². The zero-order valence-electron chi connectivity index (χ0n) is 25.1. The van der Waals surface area contributed by atoms with Crippen molar-refractivity contribution in [2.75, 3.05) is 33.4 Å². The van der Waals surface area contributed by atoms with E-state index in [9.17, 15) is 0 Å². The summed E-state index contributed by atoms with van der Waals surface area (Å²) in [5, 5.41) is 2.70. The van der Waals surface area contributed by atoms with Gasteiger partial charge in [0.1, 0.15) is 0 Å². The van der Waals surface area contributed by atoms with Crippen LogP contribution in [0.2, 0.25) is 5.04 Å². The lowest BCUT2D eigenvalue weighted by atomic mass is 10.1. The zero-order chi connectivity index (χ0) is 27.8. The van der Waals surface area contributed by atoms with Crippen molar-refractivity contribution >= 4 is 18.7 Å². The van der Waals surface area contributed by atoms with E-state index in [0.717, 1.165) is 45.6 Å². The zero-order valence-corrected chi connectivity index (χ0v) is 26.1. The fourth-order valence-corrected chi connectivity index (χ4v) is 10.2. The van der Waals surface area contributed by atoms with E-state index in [1.807, 2.05) is 7.11 Å². The van der Waals surface area contributed by atoms with Gasteiger partial charge >= 0.3 is 0 Å². The Labute approximate surface area is 233 Å². The molecule has 0 radical (unpaired) electrons. The van der Waals surface area contributed by atoms with E-state index in [1.54, 1.807) is 0 Å². The first kappa shape index (κ1) is 30.8. The molecule has 1 fully saturated rings. The molecule has 1 aliphatic rings. The summed E-state index contributed by atoms with van der Waals surface area (Å²) < 4.78 is 18.9. The van der Waals surface area contributed by atoms with Gasteiger partial charge in [0.25, 0.3) is 8.32 Å². The van der Waals surface area contributed by atoms with Crippen LogP contribution in [0, 0.1) is 0 Å². The second kappa shape index (κ2) is 13.5. The van der Waals surface area contributed by atoms with Crippen molar-refractivity contribution in [2.24, 2.45) is 0 Å². The molecule has 0 aromatic heterocycles. The molecule has 5 heteroatoms. The Morgan fingerprint density at radius 1 is 0.947 bits per heavy atom. The number of hydrogen-bond acceptors (Lipinski definition) is 4. The standard InChI is InChI=1S/C33H51NO3Si/c1-27(24-34-25-29(35-8)23-28(34)26-36-32(2,3)4)17-15-16-22-37-38(33(5,6)7,30-18-11-9-12-19-30)31-20-13-10-14-21-31/h9-14,17-21,28-29H,15-16,22-26H2,1-8H3/b27-17+/t28-,29+/m0/s1. The number of methoxy groups -OCH3 is 1. The van der Waals surface area contributed by atoms with Gasteiger partial charge < -0.3 is 13.9 Å². The summed E-state index contributed by atoms with van der Waals surface area (Å²) in [6.45, 7) is 19.1. The molecule has 38 heavy (non-hydrogen) atoms. The summed E-state index contributed by atoms with van der Waals surface area (Å²) in [4.78, 5) is 2.53. The van der Waals surface area contributed by atoms with Gasteiger partial charge in [0.2, 0.25) is 0 Å². The van der Waals surface area contributed by atoms with Crippen molar-refractivity contribution in [3.8, 4) is 0 Å². The van der Waals surface area contributed by atoms with Crippen molar-refractivity contribution in [1.29, 1.82) is 0 Å². The Hall–Kier alpha value is -1.76. The first-order valence-electron chi connectivity index (χ1n) is 14.3. The molecule has 0 aliphatic carbocycles. The first-order valence-corrected chi connectivity index (χ1v) is 16.2. The normalized spacial score (nSPS) is 19.7. The Balaban J connectivity index is 1.64. The molecule has 0 saturated carbocycles. The van der Waals surface area contributed by atoms with Gasteiger partial charge in [-0.2, -0.15) is 0 Å². The van der Waals surface area contributed by atoms with Crippen LogP contribution in [0.3, 0.4) is 0 Å². The number of benzene rings is 2. The topological polar surface area (TPSA) is 30.9 Å². The summed E-state index contributed by atoms with van der Waals surface area (Å²) in [6.07, 6.45) is 5.76. The number of nitrogens with zero attached hydrogens (tertiary/aromatic N) is 1. The van der Waals surface area contributed by atoms with Crippen molar-refractivity contribution in [2.45, 2.75) is 90.5 Å². The molecule has 0 spiro atoms. The SMILES string of the molecule is CO[C@@H]1C[C@@H](COC(C)(C)C)N(C/C(C)=C/CCCO[Si](c2ccccc2)(c2ccccc2)C(C)(C)C)C1. The molecule has 1 heterocycles. The number of hydrogen-bond donors (Lipinski definition) is 0. The lowest BCUT2D eigenvalue weighted by molar-refractivity contribution is -0.0274. The van der Waals surface area contributed by atoms with Crippen molar-refractivity contribution in [3.63, 3.8) is 0 Å². The van der Waals surface area contributed by atoms with Crippen LogP contribution in [0.5, 0.6) is 0 Å². The minimum atomic E-state index is -2.46. The molecule has 2 atom stereocenters. The highest BCUT2D eigenvalue weighted by atomic mass is 28.4.